The number of rotatable bonds is 7. The molecule has 77 valence electrons. The highest BCUT2D eigenvalue weighted by atomic mass is 16.5. The predicted octanol–water partition coefficient (Wildman–Crippen LogP) is 2.97. The fourth-order valence-electron chi connectivity index (χ4n) is 0.911. The summed E-state index contributed by atoms with van der Waals surface area (Å²) in [7, 11) is 0. The normalized spacial score (nSPS) is 10.5. The molecular formula is C11H21O2. The van der Waals surface area contributed by atoms with Gasteiger partial charge in [-0.3, -0.25) is 4.79 Å². The van der Waals surface area contributed by atoms with Gasteiger partial charge in [0.05, 0.1) is 13.0 Å². The summed E-state index contributed by atoms with van der Waals surface area (Å²) in [6.07, 6.45) is 5.57. The van der Waals surface area contributed by atoms with Crippen molar-refractivity contribution in [3.63, 3.8) is 0 Å². The minimum atomic E-state index is -0.158. The number of hydrogen-bond acceptors (Lipinski definition) is 2. The number of ether oxygens (including phenoxy) is 1. The summed E-state index contributed by atoms with van der Waals surface area (Å²) in [5.41, 5.74) is 0. The van der Waals surface area contributed by atoms with Crippen LogP contribution in [0.1, 0.15) is 46.5 Å². The maximum absolute atomic E-state index is 11.0. The van der Waals surface area contributed by atoms with E-state index in [-0.39, 0.29) is 5.97 Å². The Kier molecular flexibility index (Phi) is 7.76. The second-order valence-corrected chi connectivity index (χ2v) is 3.70. The zero-order valence-electron chi connectivity index (χ0n) is 9.01. The van der Waals surface area contributed by atoms with Crippen molar-refractivity contribution in [2.75, 3.05) is 6.61 Å². The number of hydrogen-bond donors (Lipinski definition) is 0. The van der Waals surface area contributed by atoms with Crippen LogP contribution in [0.5, 0.6) is 0 Å². The van der Waals surface area contributed by atoms with E-state index in [9.17, 15) is 4.79 Å². The Bertz CT molecular complexity index is 130. The molecule has 0 aliphatic carbocycles. The summed E-state index contributed by atoms with van der Waals surface area (Å²) >= 11 is 0. The average Bonchev–Trinajstić information content (AvgIpc) is 2.04. The fraction of sp³-hybridized carbons (Fsp3) is 0.818. The molecule has 13 heavy (non-hydrogen) atoms. The van der Waals surface area contributed by atoms with E-state index in [4.69, 9.17) is 4.74 Å². The van der Waals surface area contributed by atoms with Crippen molar-refractivity contribution in [3.05, 3.63) is 6.42 Å². The van der Waals surface area contributed by atoms with Gasteiger partial charge in [0.1, 0.15) is 0 Å². The molecule has 0 aromatic heterocycles. The Morgan fingerprint density at radius 3 is 2.69 bits per heavy atom. The molecule has 0 fully saturated rings. The summed E-state index contributed by atoms with van der Waals surface area (Å²) in [6, 6.07) is 0. The summed E-state index contributed by atoms with van der Waals surface area (Å²) < 4.78 is 4.97. The molecule has 0 N–H and O–H groups in total. The first kappa shape index (κ1) is 12.5. The van der Waals surface area contributed by atoms with Crippen LogP contribution >= 0.6 is 0 Å². The first-order valence-corrected chi connectivity index (χ1v) is 5.16. The molecule has 0 aliphatic heterocycles. The van der Waals surface area contributed by atoms with Gasteiger partial charge in [0.15, 0.2) is 0 Å². The van der Waals surface area contributed by atoms with E-state index in [2.05, 4.69) is 20.8 Å². The fourth-order valence-corrected chi connectivity index (χ4v) is 0.911. The topological polar surface area (TPSA) is 26.3 Å². The van der Waals surface area contributed by atoms with Gasteiger partial charge in [0, 0.05) is 0 Å². The van der Waals surface area contributed by atoms with E-state index in [0.717, 1.165) is 25.7 Å². The molecule has 0 aliphatic rings. The van der Waals surface area contributed by atoms with E-state index in [0.29, 0.717) is 12.5 Å². The van der Waals surface area contributed by atoms with Crippen molar-refractivity contribution in [2.45, 2.75) is 46.5 Å². The number of carbonyl (C=O) groups is 1. The highest BCUT2D eigenvalue weighted by Gasteiger charge is 2.03. The van der Waals surface area contributed by atoms with Crippen LogP contribution in [-0.4, -0.2) is 12.6 Å². The smallest absolute Gasteiger partial charge is 0.309 e. The van der Waals surface area contributed by atoms with E-state index in [1.54, 1.807) is 6.42 Å². The van der Waals surface area contributed by atoms with Crippen molar-refractivity contribution >= 4 is 5.97 Å². The second kappa shape index (κ2) is 8.09. The van der Waals surface area contributed by atoms with Crippen LogP contribution in [0.15, 0.2) is 0 Å². The molecule has 0 saturated heterocycles. The van der Waals surface area contributed by atoms with Crippen molar-refractivity contribution in [2.24, 2.45) is 5.92 Å². The highest BCUT2D eigenvalue weighted by Crippen LogP contribution is 2.06. The third-order valence-electron chi connectivity index (χ3n) is 1.80. The zero-order valence-corrected chi connectivity index (χ0v) is 9.01. The first-order chi connectivity index (χ1) is 6.16. The number of unbranched alkanes of at least 4 members (excludes halogenated alkanes) is 1. The van der Waals surface area contributed by atoms with Crippen molar-refractivity contribution in [1.82, 2.24) is 0 Å². The summed E-state index contributed by atoms with van der Waals surface area (Å²) in [4.78, 5) is 11.0. The first-order valence-electron chi connectivity index (χ1n) is 5.16. The molecule has 0 bridgehead atoms. The van der Waals surface area contributed by atoms with Crippen LogP contribution in [0.2, 0.25) is 0 Å². The van der Waals surface area contributed by atoms with Crippen LogP contribution in [0.4, 0.5) is 0 Å². The van der Waals surface area contributed by atoms with Gasteiger partial charge in [0.2, 0.25) is 0 Å². The lowest BCUT2D eigenvalue weighted by atomic mass is 10.1. The van der Waals surface area contributed by atoms with E-state index < -0.39 is 0 Å². The van der Waals surface area contributed by atoms with Crippen molar-refractivity contribution < 1.29 is 9.53 Å². The Morgan fingerprint density at radius 2 is 2.15 bits per heavy atom. The molecule has 0 atom stereocenters. The van der Waals surface area contributed by atoms with Gasteiger partial charge >= 0.3 is 5.97 Å². The zero-order chi connectivity index (χ0) is 10.1. The molecule has 1 radical (unpaired) electrons. The quantitative estimate of drug-likeness (QED) is 0.450. The molecule has 0 amide bonds. The van der Waals surface area contributed by atoms with Gasteiger partial charge < -0.3 is 4.74 Å². The van der Waals surface area contributed by atoms with Crippen molar-refractivity contribution in [1.29, 1.82) is 0 Å². The van der Waals surface area contributed by atoms with Crippen LogP contribution in [0.25, 0.3) is 0 Å². The Balaban J connectivity index is 3.20. The predicted molar refractivity (Wildman–Crippen MR) is 54.2 cm³/mol. The third-order valence-corrected chi connectivity index (χ3v) is 1.80. The van der Waals surface area contributed by atoms with E-state index in [1.807, 2.05) is 0 Å². The maximum Gasteiger partial charge on any atom is 0.309 e. The lowest BCUT2D eigenvalue weighted by Crippen LogP contribution is -2.06. The van der Waals surface area contributed by atoms with Crippen LogP contribution in [0, 0.1) is 12.3 Å². The molecule has 0 aromatic carbocycles. The SMILES string of the molecule is CCCCOC(=O)[CH]CCC(C)C. The number of carbonyl (C=O) groups excluding carboxylic acids is 1. The van der Waals surface area contributed by atoms with Gasteiger partial charge in [-0.25, -0.2) is 0 Å². The monoisotopic (exact) mass is 185 g/mol. The summed E-state index contributed by atoms with van der Waals surface area (Å²) in [6.45, 7) is 6.94. The molecule has 2 heteroatoms. The van der Waals surface area contributed by atoms with E-state index in [1.165, 1.54) is 0 Å². The lowest BCUT2D eigenvalue weighted by Gasteiger charge is -2.04. The number of esters is 1. The standard InChI is InChI=1S/C11H21O2/c1-4-5-9-13-11(12)8-6-7-10(2)3/h8,10H,4-7,9H2,1-3H3. The third kappa shape index (κ3) is 9.38. The van der Waals surface area contributed by atoms with Crippen molar-refractivity contribution in [3.8, 4) is 0 Å². The average molecular weight is 185 g/mol. The molecule has 2 nitrogen and oxygen atoms in total. The van der Waals surface area contributed by atoms with Crippen LogP contribution < -0.4 is 0 Å². The maximum atomic E-state index is 11.0. The molecule has 0 heterocycles. The Labute approximate surface area is 81.7 Å². The molecule has 0 aromatic rings. The van der Waals surface area contributed by atoms with Gasteiger partial charge in [-0.05, 0) is 18.8 Å². The van der Waals surface area contributed by atoms with Crippen LogP contribution in [-0.2, 0) is 9.53 Å². The molecule has 0 unspecified atom stereocenters. The second-order valence-electron chi connectivity index (χ2n) is 3.70. The van der Waals surface area contributed by atoms with E-state index >= 15 is 0 Å². The minimum absolute atomic E-state index is 0.158. The Morgan fingerprint density at radius 1 is 1.46 bits per heavy atom. The van der Waals surface area contributed by atoms with Gasteiger partial charge in [-0.1, -0.05) is 33.6 Å². The summed E-state index contributed by atoms with van der Waals surface area (Å²) in [5, 5.41) is 0. The lowest BCUT2D eigenvalue weighted by molar-refractivity contribution is -0.139. The molecule has 0 spiro atoms. The Hall–Kier alpha value is -0.530. The van der Waals surface area contributed by atoms with Gasteiger partial charge in [-0.15, -0.1) is 0 Å². The minimum Gasteiger partial charge on any atom is -0.465 e. The van der Waals surface area contributed by atoms with Crippen LogP contribution in [0.3, 0.4) is 0 Å². The molecular weight excluding hydrogens is 164 g/mol. The molecule has 0 rings (SSSR count). The van der Waals surface area contributed by atoms with Gasteiger partial charge in [-0.2, -0.15) is 0 Å². The highest BCUT2D eigenvalue weighted by molar-refractivity contribution is 5.78. The largest absolute Gasteiger partial charge is 0.465 e. The summed E-state index contributed by atoms with van der Waals surface area (Å²) in [5.74, 6) is 0.494. The van der Waals surface area contributed by atoms with Gasteiger partial charge in [0.25, 0.3) is 0 Å². The molecule has 0 saturated carbocycles.